The molecule has 94 valence electrons. The van der Waals surface area contributed by atoms with Crippen molar-refractivity contribution >= 4 is 9.84 Å². The number of benzene rings is 1. The van der Waals surface area contributed by atoms with Gasteiger partial charge < -0.3 is 5.32 Å². The lowest BCUT2D eigenvalue weighted by Gasteiger charge is -2.07. The Hall–Kier alpha value is -0.870. The Morgan fingerprint density at radius 3 is 2.53 bits per heavy atom. The standard InChI is InChI=1S/C13H19NO2S/c1-10-3-6-13(9-11(10)2)17(15,16)8-7-14-12-4-5-12/h3,6,9,12,14H,4-5,7-8H2,1-2H3. The molecule has 4 heteroatoms. The molecule has 3 nitrogen and oxygen atoms in total. The molecule has 0 unspecified atom stereocenters. The zero-order valence-corrected chi connectivity index (χ0v) is 11.2. The van der Waals surface area contributed by atoms with Crippen LogP contribution in [0.2, 0.25) is 0 Å². The molecular weight excluding hydrogens is 234 g/mol. The van der Waals surface area contributed by atoms with E-state index in [-0.39, 0.29) is 5.75 Å². The van der Waals surface area contributed by atoms with Gasteiger partial charge in [-0.15, -0.1) is 0 Å². The first-order valence-corrected chi connectivity index (χ1v) is 7.68. The summed E-state index contributed by atoms with van der Waals surface area (Å²) in [6, 6.07) is 5.90. The van der Waals surface area contributed by atoms with Crippen LogP contribution in [0.25, 0.3) is 0 Å². The highest BCUT2D eigenvalue weighted by Crippen LogP contribution is 2.19. The number of nitrogens with one attached hydrogen (secondary N) is 1. The van der Waals surface area contributed by atoms with Gasteiger partial charge in [-0.3, -0.25) is 0 Å². The molecular formula is C13H19NO2S. The lowest BCUT2D eigenvalue weighted by molar-refractivity contribution is 0.590. The van der Waals surface area contributed by atoms with Crippen LogP contribution in [0.15, 0.2) is 23.1 Å². The Kier molecular flexibility index (Phi) is 3.54. The summed E-state index contributed by atoms with van der Waals surface area (Å²) in [4.78, 5) is 0.443. The fourth-order valence-electron chi connectivity index (χ4n) is 1.71. The number of aryl methyl sites for hydroxylation is 2. The number of hydrogen-bond acceptors (Lipinski definition) is 3. The molecule has 0 bridgehead atoms. The van der Waals surface area contributed by atoms with Crippen LogP contribution in [-0.4, -0.2) is 26.8 Å². The topological polar surface area (TPSA) is 46.2 Å². The molecule has 1 N–H and O–H groups in total. The molecule has 1 aromatic carbocycles. The highest BCUT2D eigenvalue weighted by molar-refractivity contribution is 7.91. The predicted molar refractivity (Wildman–Crippen MR) is 69.0 cm³/mol. The third-order valence-electron chi connectivity index (χ3n) is 3.22. The van der Waals surface area contributed by atoms with Crippen molar-refractivity contribution in [3.63, 3.8) is 0 Å². The van der Waals surface area contributed by atoms with E-state index in [1.165, 1.54) is 12.8 Å². The molecule has 0 aliphatic heterocycles. The lowest BCUT2D eigenvalue weighted by Crippen LogP contribution is -2.24. The minimum absolute atomic E-state index is 0.187. The third kappa shape index (κ3) is 3.30. The fraction of sp³-hybridized carbons (Fsp3) is 0.538. The van der Waals surface area contributed by atoms with Gasteiger partial charge in [-0.2, -0.15) is 0 Å². The van der Waals surface area contributed by atoms with Crippen molar-refractivity contribution < 1.29 is 8.42 Å². The summed E-state index contributed by atoms with van der Waals surface area (Å²) < 4.78 is 24.1. The van der Waals surface area contributed by atoms with E-state index < -0.39 is 9.84 Å². The van der Waals surface area contributed by atoms with Gasteiger partial charge in [0, 0.05) is 12.6 Å². The van der Waals surface area contributed by atoms with Crippen LogP contribution in [0.5, 0.6) is 0 Å². The van der Waals surface area contributed by atoms with E-state index >= 15 is 0 Å². The van der Waals surface area contributed by atoms with E-state index in [9.17, 15) is 8.42 Å². The van der Waals surface area contributed by atoms with Crippen LogP contribution in [-0.2, 0) is 9.84 Å². The second-order valence-electron chi connectivity index (χ2n) is 4.79. The van der Waals surface area contributed by atoms with Gasteiger partial charge in [-0.05, 0) is 49.9 Å². The molecule has 0 radical (unpaired) electrons. The first kappa shape index (κ1) is 12.6. The van der Waals surface area contributed by atoms with Crippen molar-refractivity contribution in [3.05, 3.63) is 29.3 Å². The quantitative estimate of drug-likeness (QED) is 0.871. The molecule has 1 aliphatic rings. The average Bonchev–Trinajstić information content (AvgIpc) is 3.05. The molecule has 1 aromatic rings. The molecule has 0 heterocycles. The summed E-state index contributed by atoms with van der Waals surface area (Å²) in [6.45, 7) is 4.48. The minimum Gasteiger partial charge on any atom is -0.313 e. The lowest BCUT2D eigenvalue weighted by atomic mass is 10.1. The number of rotatable bonds is 5. The number of hydrogen-bond donors (Lipinski definition) is 1. The average molecular weight is 253 g/mol. The van der Waals surface area contributed by atoms with E-state index in [0.29, 0.717) is 17.5 Å². The SMILES string of the molecule is Cc1ccc(S(=O)(=O)CCNC2CC2)cc1C. The highest BCUT2D eigenvalue weighted by atomic mass is 32.2. The largest absolute Gasteiger partial charge is 0.313 e. The third-order valence-corrected chi connectivity index (χ3v) is 4.93. The maximum Gasteiger partial charge on any atom is 0.179 e. The molecule has 1 saturated carbocycles. The molecule has 0 spiro atoms. The maximum atomic E-state index is 12.1. The molecule has 0 aromatic heterocycles. The smallest absolute Gasteiger partial charge is 0.179 e. The summed E-state index contributed by atoms with van der Waals surface area (Å²) in [6.07, 6.45) is 2.37. The van der Waals surface area contributed by atoms with E-state index in [2.05, 4.69) is 5.32 Å². The van der Waals surface area contributed by atoms with Gasteiger partial charge in [0.2, 0.25) is 0 Å². The van der Waals surface area contributed by atoms with Crippen molar-refractivity contribution in [2.45, 2.75) is 37.6 Å². The van der Waals surface area contributed by atoms with Crippen LogP contribution in [0.1, 0.15) is 24.0 Å². The fourth-order valence-corrected chi connectivity index (χ4v) is 2.96. The Morgan fingerprint density at radius 1 is 1.24 bits per heavy atom. The second kappa shape index (κ2) is 4.78. The summed E-state index contributed by atoms with van der Waals surface area (Å²) in [5, 5.41) is 3.23. The van der Waals surface area contributed by atoms with Crippen molar-refractivity contribution in [1.82, 2.24) is 5.32 Å². The monoisotopic (exact) mass is 253 g/mol. The van der Waals surface area contributed by atoms with Crippen molar-refractivity contribution in [1.29, 1.82) is 0 Å². The summed E-state index contributed by atoms with van der Waals surface area (Å²) >= 11 is 0. The number of sulfone groups is 1. The molecule has 0 atom stereocenters. The first-order valence-electron chi connectivity index (χ1n) is 6.02. The van der Waals surface area contributed by atoms with E-state index in [1.807, 2.05) is 19.9 Å². The van der Waals surface area contributed by atoms with Crippen molar-refractivity contribution in [3.8, 4) is 0 Å². The Bertz CT molecular complexity index is 504. The Morgan fingerprint density at radius 2 is 1.94 bits per heavy atom. The molecule has 0 amide bonds. The van der Waals surface area contributed by atoms with Gasteiger partial charge in [0.1, 0.15) is 0 Å². The summed E-state index contributed by atoms with van der Waals surface area (Å²) in [5.74, 6) is 0.187. The zero-order chi connectivity index (χ0) is 12.5. The van der Waals surface area contributed by atoms with Crippen LogP contribution in [0, 0.1) is 13.8 Å². The zero-order valence-electron chi connectivity index (χ0n) is 10.4. The highest BCUT2D eigenvalue weighted by Gasteiger charge is 2.21. The van der Waals surface area contributed by atoms with Gasteiger partial charge in [-0.1, -0.05) is 6.07 Å². The maximum absolute atomic E-state index is 12.1. The second-order valence-corrected chi connectivity index (χ2v) is 6.90. The molecule has 17 heavy (non-hydrogen) atoms. The molecule has 2 rings (SSSR count). The Labute approximate surface area is 103 Å². The van der Waals surface area contributed by atoms with E-state index in [4.69, 9.17) is 0 Å². The van der Waals surface area contributed by atoms with Crippen LogP contribution < -0.4 is 5.32 Å². The van der Waals surface area contributed by atoms with Gasteiger partial charge in [-0.25, -0.2) is 8.42 Å². The van der Waals surface area contributed by atoms with Gasteiger partial charge in [0.05, 0.1) is 10.6 Å². The molecule has 1 fully saturated rings. The Balaban J connectivity index is 2.04. The normalized spacial score (nSPS) is 16.1. The van der Waals surface area contributed by atoms with Crippen LogP contribution in [0.4, 0.5) is 0 Å². The van der Waals surface area contributed by atoms with E-state index in [0.717, 1.165) is 11.1 Å². The van der Waals surface area contributed by atoms with Crippen LogP contribution >= 0.6 is 0 Å². The summed E-state index contributed by atoms with van der Waals surface area (Å²) in [5.41, 5.74) is 2.15. The molecule has 1 aliphatic carbocycles. The van der Waals surface area contributed by atoms with Gasteiger partial charge >= 0.3 is 0 Å². The van der Waals surface area contributed by atoms with E-state index in [1.54, 1.807) is 12.1 Å². The van der Waals surface area contributed by atoms with Crippen molar-refractivity contribution in [2.24, 2.45) is 0 Å². The van der Waals surface area contributed by atoms with Crippen LogP contribution in [0.3, 0.4) is 0 Å². The van der Waals surface area contributed by atoms with Gasteiger partial charge in [0.25, 0.3) is 0 Å². The predicted octanol–water partition coefficient (Wildman–Crippen LogP) is 1.83. The molecule has 0 saturated heterocycles. The van der Waals surface area contributed by atoms with Crippen molar-refractivity contribution in [2.75, 3.05) is 12.3 Å². The first-order chi connectivity index (χ1) is 7.99. The summed E-state index contributed by atoms with van der Waals surface area (Å²) in [7, 11) is -3.13. The van der Waals surface area contributed by atoms with Gasteiger partial charge in [0.15, 0.2) is 9.84 Å². The minimum atomic E-state index is -3.13.